The SMILES string of the molecule is CC(C)CN1C(=O)NC(=O)C12CCN(C(=O)CC1NC(=O)c3ccccc31)CC2. The number of piperidine rings is 1. The van der Waals surface area contributed by atoms with Crippen LogP contribution in [0.3, 0.4) is 0 Å². The summed E-state index contributed by atoms with van der Waals surface area (Å²) in [6.07, 6.45) is 1.05. The number of hydrogen-bond acceptors (Lipinski definition) is 4. The maximum absolute atomic E-state index is 12.9. The largest absolute Gasteiger partial charge is 0.345 e. The molecule has 2 saturated heterocycles. The Labute approximate surface area is 169 Å². The number of carbonyl (C=O) groups is 4. The normalized spacial score (nSPS) is 22.9. The third kappa shape index (κ3) is 3.26. The summed E-state index contributed by atoms with van der Waals surface area (Å²) in [5.41, 5.74) is 0.614. The number of likely N-dealkylation sites (tertiary alicyclic amines) is 1. The van der Waals surface area contributed by atoms with Gasteiger partial charge in [0.25, 0.3) is 11.8 Å². The molecule has 1 aromatic carbocycles. The molecule has 1 aromatic rings. The van der Waals surface area contributed by atoms with Crippen molar-refractivity contribution in [3.63, 3.8) is 0 Å². The fourth-order valence-corrected chi connectivity index (χ4v) is 4.63. The molecule has 1 spiro atoms. The van der Waals surface area contributed by atoms with Crippen LogP contribution in [0, 0.1) is 5.92 Å². The summed E-state index contributed by atoms with van der Waals surface area (Å²) in [7, 11) is 0. The highest BCUT2D eigenvalue weighted by molar-refractivity contribution is 6.07. The molecule has 4 rings (SSSR count). The second-order valence-electron chi connectivity index (χ2n) is 8.49. The Morgan fingerprint density at radius 3 is 2.55 bits per heavy atom. The molecule has 0 aliphatic carbocycles. The lowest BCUT2D eigenvalue weighted by Gasteiger charge is -2.42. The highest BCUT2D eigenvalue weighted by atomic mass is 16.2. The fourth-order valence-electron chi connectivity index (χ4n) is 4.63. The van der Waals surface area contributed by atoms with Gasteiger partial charge in [-0.15, -0.1) is 0 Å². The summed E-state index contributed by atoms with van der Waals surface area (Å²) in [5, 5.41) is 5.32. The molecule has 0 bridgehead atoms. The van der Waals surface area contributed by atoms with Gasteiger partial charge in [-0.3, -0.25) is 19.7 Å². The molecule has 0 saturated carbocycles. The van der Waals surface area contributed by atoms with Crippen molar-refractivity contribution in [1.29, 1.82) is 0 Å². The molecule has 1 atom stereocenters. The van der Waals surface area contributed by atoms with Crippen LogP contribution < -0.4 is 10.6 Å². The number of carbonyl (C=O) groups excluding carboxylic acids is 4. The first-order valence-electron chi connectivity index (χ1n) is 10.1. The molecule has 0 radical (unpaired) electrons. The standard InChI is InChI=1S/C21H26N4O4/c1-13(2)12-25-20(29)23-19(28)21(25)7-9-24(10-8-21)17(26)11-16-14-5-3-4-6-15(14)18(27)22-16/h3-6,13,16H,7-12H2,1-2H3,(H,22,27)(H,23,28,29). The Morgan fingerprint density at radius 2 is 1.86 bits per heavy atom. The molecule has 8 nitrogen and oxygen atoms in total. The van der Waals surface area contributed by atoms with Crippen LogP contribution in [-0.2, 0) is 9.59 Å². The molecule has 154 valence electrons. The van der Waals surface area contributed by atoms with E-state index in [2.05, 4.69) is 10.6 Å². The molecular weight excluding hydrogens is 372 g/mol. The molecule has 3 aliphatic rings. The molecule has 8 heteroatoms. The second kappa shape index (κ2) is 7.17. The molecule has 3 heterocycles. The van der Waals surface area contributed by atoms with Gasteiger partial charge in [-0.2, -0.15) is 0 Å². The van der Waals surface area contributed by atoms with Gasteiger partial charge in [-0.05, 0) is 30.4 Å². The second-order valence-corrected chi connectivity index (χ2v) is 8.49. The minimum atomic E-state index is -0.855. The van der Waals surface area contributed by atoms with Gasteiger partial charge in [0.05, 0.1) is 12.5 Å². The zero-order chi connectivity index (χ0) is 20.8. The van der Waals surface area contributed by atoms with Crippen LogP contribution in [0.5, 0.6) is 0 Å². The number of imide groups is 1. The van der Waals surface area contributed by atoms with Gasteiger partial charge in [0.15, 0.2) is 0 Å². The Bertz CT molecular complexity index is 873. The first-order valence-corrected chi connectivity index (χ1v) is 10.1. The minimum absolute atomic E-state index is 0.0537. The lowest BCUT2D eigenvalue weighted by molar-refractivity contribution is -0.138. The first kappa shape index (κ1) is 19.4. The maximum atomic E-state index is 12.9. The van der Waals surface area contributed by atoms with Crippen molar-refractivity contribution < 1.29 is 19.2 Å². The van der Waals surface area contributed by atoms with Crippen LogP contribution in [0.1, 0.15) is 55.1 Å². The lowest BCUT2D eigenvalue weighted by Crippen LogP contribution is -2.58. The van der Waals surface area contributed by atoms with Gasteiger partial charge in [-0.1, -0.05) is 32.0 Å². The fraction of sp³-hybridized carbons (Fsp3) is 0.524. The zero-order valence-electron chi connectivity index (χ0n) is 16.7. The van der Waals surface area contributed by atoms with E-state index in [1.165, 1.54) is 0 Å². The average molecular weight is 398 g/mol. The van der Waals surface area contributed by atoms with Crippen LogP contribution in [0.25, 0.3) is 0 Å². The monoisotopic (exact) mass is 398 g/mol. The number of fused-ring (bicyclic) bond motifs is 1. The number of rotatable bonds is 4. The van der Waals surface area contributed by atoms with Crippen molar-refractivity contribution >= 4 is 23.8 Å². The highest BCUT2D eigenvalue weighted by Crippen LogP contribution is 2.35. The summed E-state index contributed by atoms with van der Waals surface area (Å²) in [6.45, 7) is 5.36. The first-order chi connectivity index (χ1) is 13.8. The maximum Gasteiger partial charge on any atom is 0.325 e. The smallest absolute Gasteiger partial charge is 0.325 e. The van der Waals surface area contributed by atoms with E-state index >= 15 is 0 Å². The number of urea groups is 1. The van der Waals surface area contributed by atoms with E-state index in [0.717, 1.165) is 5.56 Å². The van der Waals surface area contributed by atoms with Crippen molar-refractivity contribution in [3.05, 3.63) is 35.4 Å². The third-order valence-electron chi connectivity index (χ3n) is 6.16. The van der Waals surface area contributed by atoms with Crippen molar-refractivity contribution in [2.45, 2.75) is 44.7 Å². The lowest BCUT2D eigenvalue weighted by atomic mass is 9.85. The van der Waals surface area contributed by atoms with Crippen molar-refractivity contribution in [2.75, 3.05) is 19.6 Å². The van der Waals surface area contributed by atoms with E-state index in [1.807, 2.05) is 32.0 Å². The summed E-state index contributed by atoms with van der Waals surface area (Å²) >= 11 is 0. The third-order valence-corrected chi connectivity index (χ3v) is 6.16. The molecular formula is C21H26N4O4. The Hall–Kier alpha value is -2.90. The van der Waals surface area contributed by atoms with Crippen LogP contribution in [0.15, 0.2) is 24.3 Å². The van der Waals surface area contributed by atoms with Crippen LogP contribution in [0.2, 0.25) is 0 Å². The van der Waals surface area contributed by atoms with E-state index in [-0.39, 0.29) is 42.1 Å². The zero-order valence-corrected chi connectivity index (χ0v) is 16.7. The van der Waals surface area contributed by atoms with E-state index in [1.54, 1.807) is 15.9 Å². The molecule has 0 aromatic heterocycles. The number of nitrogens with one attached hydrogen (secondary N) is 2. The highest BCUT2D eigenvalue weighted by Gasteiger charge is 2.54. The molecule has 3 aliphatic heterocycles. The van der Waals surface area contributed by atoms with E-state index < -0.39 is 5.54 Å². The van der Waals surface area contributed by atoms with Gasteiger partial charge in [0.1, 0.15) is 5.54 Å². The number of nitrogens with zero attached hydrogens (tertiary/aromatic N) is 2. The van der Waals surface area contributed by atoms with Gasteiger partial charge in [-0.25, -0.2) is 4.79 Å². The minimum Gasteiger partial charge on any atom is -0.345 e. The topological polar surface area (TPSA) is 98.8 Å². The van der Waals surface area contributed by atoms with E-state index in [0.29, 0.717) is 38.0 Å². The molecule has 29 heavy (non-hydrogen) atoms. The molecule has 2 N–H and O–H groups in total. The van der Waals surface area contributed by atoms with E-state index in [4.69, 9.17) is 0 Å². The Morgan fingerprint density at radius 1 is 1.17 bits per heavy atom. The predicted molar refractivity (Wildman–Crippen MR) is 105 cm³/mol. The van der Waals surface area contributed by atoms with Crippen molar-refractivity contribution in [3.8, 4) is 0 Å². The summed E-state index contributed by atoms with van der Waals surface area (Å²) in [4.78, 5) is 53.2. The number of benzene rings is 1. The van der Waals surface area contributed by atoms with Gasteiger partial charge in [0.2, 0.25) is 5.91 Å². The van der Waals surface area contributed by atoms with Crippen LogP contribution >= 0.6 is 0 Å². The van der Waals surface area contributed by atoms with Crippen LogP contribution in [0.4, 0.5) is 4.79 Å². The van der Waals surface area contributed by atoms with Crippen molar-refractivity contribution in [2.24, 2.45) is 5.92 Å². The van der Waals surface area contributed by atoms with Gasteiger partial charge >= 0.3 is 6.03 Å². The summed E-state index contributed by atoms with van der Waals surface area (Å²) < 4.78 is 0. The number of amides is 5. The summed E-state index contributed by atoms with van der Waals surface area (Å²) in [5.74, 6) is -0.218. The van der Waals surface area contributed by atoms with Gasteiger partial charge in [0, 0.05) is 25.2 Å². The molecule has 1 unspecified atom stereocenters. The van der Waals surface area contributed by atoms with Crippen LogP contribution in [-0.4, -0.2) is 58.7 Å². The Balaban J connectivity index is 1.42. The van der Waals surface area contributed by atoms with Gasteiger partial charge < -0.3 is 15.1 Å². The van der Waals surface area contributed by atoms with Crippen molar-refractivity contribution in [1.82, 2.24) is 20.4 Å². The molecule has 2 fully saturated rings. The quantitative estimate of drug-likeness (QED) is 0.750. The average Bonchev–Trinajstić information content (AvgIpc) is 3.12. The predicted octanol–water partition coefficient (Wildman–Crippen LogP) is 1.43. The van der Waals surface area contributed by atoms with E-state index in [9.17, 15) is 19.2 Å². The Kier molecular flexibility index (Phi) is 4.80. The number of hydrogen-bond donors (Lipinski definition) is 2. The molecule has 5 amide bonds. The summed E-state index contributed by atoms with van der Waals surface area (Å²) in [6, 6.07) is 6.64.